The molecule has 0 atom stereocenters. The van der Waals surface area contributed by atoms with E-state index in [1.807, 2.05) is 0 Å². The zero-order valence-corrected chi connectivity index (χ0v) is 22.3. The predicted octanol–water partition coefficient (Wildman–Crippen LogP) is 7.67. The third-order valence-electron chi connectivity index (χ3n) is 5.46. The minimum absolute atomic E-state index is 0.0872. The Morgan fingerprint density at radius 3 is 1.19 bits per heavy atom. The molecule has 0 aliphatic heterocycles. The summed E-state index contributed by atoms with van der Waals surface area (Å²) in [6.07, 6.45) is 23.1. The van der Waals surface area contributed by atoms with E-state index in [4.69, 9.17) is 9.79 Å². The van der Waals surface area contributed by atoms with Crippen LogP contribution in [0.5, 0.6) is 0 Å². The normalized spacial score (nSPS) is 11.2. The summed E-state index contributed by atoms with van der Waals surface area (Å²) in [5.41, 5.74) is 0. The van der Waals surface area contributed by atoms with Gasteiger partial charge in [-0.2, -0.15) is 0 Å². The molecule has 0 amide bonds. The smallest absolute Gasteiger partial charge is 0.371 e. The summed E-state index contributed by atoms with van der Waals surface area (Å²) in [7, 11) is -4.67. The van der Waals surface area contributed by atoms with Gasteiger partial charge in [-0.15, -0.1) is 0 Å². The maximum absolute atomic E-state index is 11.1. The van der Waals surface area contributed by atoms with Crippen molar-refractivity contribution in [3.8, 4) is 0 Å². The van der Waals surface area contributed by atoms with Crippen LogP contribution in [0.15, 0.2) is 0 Å². The van der Waals surface area contributed by atoms with Gasteiger partial charge in [0.1, 0.15) is 0 Å². The summed E-state index contributed by atoms with van der Waals surface area (Å²) in [6.45, 7) is 8.65. The first-order valence-corrected chi connectivity index (χ1v) is 14.9. The van der Waals surface area contributed by atoms with Crippen molar-refractivity contribution in [1.82, 2.24) is 5.32 Å². The van der Waals surface area contributed by atoms with E-state index < -0.39 is 13.8 Å². The molecule has 0 saturated carbocycles. The van der Waals surface area contributed by atoms with Crippen LogP contribution >= 0.6 is 7.82 Å². The first kappa shape index (κ1) is 33.8. The van der Waals surface area contributed by atoms with Crippen molar-refractivity contribution in [1.29, 1.82) is 0 Å². The molecule has 32 heavy (non-hydrogen) atoms. The van der Waals surface area contributed by atoms with Crippen LogP contribution in [0.3, 0.4) is 0 Å². The van der Waals surface area contributed by atoms with E-state index in [0.29, 0.717) is 6.42 Å². The van der Waals surface area contributed by atoms with E-state index in [0.717, 1.165) is 25.9 Å². The summed E-state index contributed by atoms with van der Waals surface area (Å²) >= 11 is 0. The van der Waals surface area contributed by atoms with Crippen LogP contribution in [-0.2, 0) is 13.9 Å². The second kappa shape index (κ2) is 26.8. The van der Waals surface area contributed by atoms with E-state index in [9.17, 15) is 9.36 Å². The van der Waals surface area contributed by atoms with Gasteiger partial charge in [-0.3, -0.25) is 14.6 Å². The van der Waals surface area contributed by atoms with Crippen molar-refractivity contribution in [2.75, 3.05) is 13.1 Å². The van der Waals surface area contributed by atoms with Crippen LogP contribution in [0.2, 0.25) is 0 Å². The van der Waals surface area contributed by atoms with E-state index in [-0.39, 0.29) is 6.42 Å². The van der Waals surface area contributed by atoms with Crippen LogP contribution in [0.25, 0.3) is 0 Å². The summed E-state index contributed by atoms with van der Waals surface area (Å²) in [5.74, 6) is -0.806. The largest absolute Gasteiger partial charge is 0.526 e. The lowest BCUT2D eigenvalue weighted by Gasteiger charge is -2.05. The monoisotopic (exact) mass is 479 g/mol. The Labute approximate surface area is 198 Å². The van der Waals surface area contributed by atoms with Gasteiger partial charge in [0.05, 0.1) is 0 Å². The van der Waals surface area contributed by atoms with Crippen LogP contribution in [0.4, 0.5) is 0 Å². The van der Waals surface area contributed by atoms with Gasteiger partial charge < -0.3 is 9.84 Å². The highest BCUT2D eigenvalue weighted by Gasteiger charge is 2.19. The lowest BCUT2D eigenvalue weighted by atomic mass is 10.0. The number of carbonyl (C=O) groups is 1. The average Bonchev–Trinajstić information content (AvgIpc) is 2.72. The fraction of sp³-hybridized carbons (Fsp3) is 0.960. The van der Waals surface area contributed by atoms with Crippen molar-refractivity contribution < 1.29 is 23.7 Å². The lowest BCUT2D eigenvalue weighted by Crippen LogP contribution is -2.09. The Hall–Kier alpha value is -0.420. The summed E-state index contributed by atoms with van der Waals surface area (Å²) in [6, 6.07) is 0. The number of rotatable bonds is 22. The van der Waals surface area contributed by atoms with Crippen molar-refractivity contribution in [3.05, 3.63) is 0 Å². The minimum Gasteiger partial charge on any atom is -0.371 e. The molecule has 6 nitrogen and oxygen atoms in total. The lowest BCUT2D eigenvalue weighted by molar-refractivity contribution is -0.135. The van der Waals surface area contributed by atoms with Crippen molar-refractivity contribution in [3.63, 3.8) is 0 Å². The standard InChI is InChI=1S/C21H43O5P.C4H11N/c1-2-3-4-5-6-7-8-9-10-11-12-13-14-15-16-17-18-19-20-21(22)26-27(23,24)25;1-3-5-4-2/h2-20H2,1H3,(H2,23,24,25);5H,3-4H2,1-2H3. The molecule has 0 aliphatic rings. The molecule has 3 N–H and O–H groups in total. The second-order valence-corrected chi connectivity index (χ2v) is 9.84. The fourth-order valence-electron chi connectivity index (χ4n) is 3.60. The Balaban J connectivity index is 0. The summed E-state index contributed by atoms with van der Waals surface area (Å²) in [5, 5.41) is 3.11. The number of hydrogen-bond acceptors (Lipinski definition) is 4. The third kappa shape index (κ3) is 34.2. The average molecular weight is 480 g/mol. The van der Waals surface area contributed by atoms with E-state index >= 15 is 0 Å². The Bertz CT molecular complexity index is 427. The highest BCUT2D eigenvalue weighted by Crippen LogP contribution is 2.36. The molecule has 0 aromatic rings. The van der Waals surface area contributed by atoms with Crippen LogP contribution < -0.4 is 5.32 Å². The summed E-state index contributed by atoms with van der Waals surface area (Å²) < 4.78 is 14.5. The molecule has 0 spiro atoms. The van der Waals surface area contributed by atoms with Gasteiger partial charge in [-0.05, 0) is 19.5 Å². The molecule has 194 valence electrons. The number of phosphoric acid groups is 1. The highest BCUT2D eigenvalue weighted by atomic mass is 31.2. The molecular formula is C25H54NO5P. The SMILES string of the molecule is CCCCCCCCCCCCCCCCCCCCC(=O)OP(=O)(O)O.CCNCC. The fourth-order valence-corrected chi connectivity index (χ4v) is 3.96. The molecule has 0 heterocycles. The van der Waals surface area contributed by atoms with Gasteiger partial charge in [0.15, 0.2) is 0 Å². The Morgan fingerprint density at radius 2 is 0.938 bits per heavy atom. The van der Waals surface area contributed by atoms with Crippen molar-refractivity contribution in [2.24, 2.45) is 0 Å². The molecule has 0 aromatic carbocycles. The molecule has 0 unspecified atom stereocenters. The van der Waals surface area contributed by atoms with Gasteiger partial charge in [-0.1, -0.05) is 130 Å². The van der Waals surface area contributed by atoms with Gasteiger partial charge >= 0.3 is 13.8 Å². The zero-order chi connectivity index (χ0) is 24.3. The molecule has 0 aromatic heterocycles. The van der Waals surface area contributed by atoms with Crippen molar-refractivity contribution >= 4 is 13.8 Å². The number of unbranched alkanes of at least 4 members (excludes halogenated alkanes) is 17. The zero-order valence-electron chi connectivity index (χ0n) is 21.4. The number of carbonyl (C=O) groups excluding carboxylic acids is 1. The molecule has 0 rings (SSSR count). The molecule has 0 aliphatic carbocycles. The summed E-state index contributed by atoms with van der Waals surface area (Å²) in [4.78, 5) is 28.1. The second-order valence-electron chi connectivity index (χ2n) is 8.67. The molecular weight excluding hydrogens is 425 g/mol. The molecule has 0 bridgehead atoms. The maximum atomic E-state index is 11.1. The minimum atomic E-state index is -4.67. The number of nitrogens with one attached hydrogen (secondary N) is 1. The molecule has 7 heteroatoms. The van der Waals surface area contributed by atoms with Gasteiger partial charge in [0.25, 0.3) is 0 Å². The predicted molar refractivity (Wildman–Crippen MR) is 136 cm³/mol. The number of phosphoric ester groups is 1. The Morgan fingerprint density at radius 1 is 0.625 bits per heavy atom. The number of hydrogen-bond donors (Lipinski definition) is 3. The Kier molecular flexibility index (Phi) is 28.3. The highest BCUT2D eigenvalue weighted by molar-refractivity contribution is 7.46. The van der Waals surface area contributed by atoms with E-state index in [2.05, 4.69) is 30.6 Å². The first-order valence-electron chi connectivity index (χ1n) is 13.4. The first-order chi connectivity index (χ1) is 15.4. The van der Waals surface area contributed by atoms with E-state index in [1.54, 1.807) is 0 Å². The van der Waals surface area contributed by atoms with Crippen molar-refractivity contribution in [2.45, 2.75) is 143 Å². The van der Waals surface area contributed by atoms with Gasteiger partial charge in [0, 0.05) is 6.42 Å². The maximum Gasteiger partial charge on any atom is 0.526 e. The molecule has 0 radical (unpaired) electrons. The van der Waals surface area contributed by atoms with Crippen LogP contribution in [0, 0.1) is 0 Å². The van der Waals surface area contributed by atoms with E-state index in [1.165, 1.54) is 96.3 Å². The molecule has 0 saturated heterocycles. The topological polar surface area (TPSA) is 95.9 Å². The quantitative estimate of drug-likeness (QED) is 0.109. The van der Waals surface area contributed by atoms with Gasteiger partial charge in [-0.25, -0.2) is 4.57 Å². The molecule has 0 fully saturated rings. The van der Waals surface area contributed by atoms with Gasteiger partial charge in [0.2, 0.25) is 0 Å². The van der Waals surface area contributed by atoms with Crippen LogP contribution in [0.1, 0.15) is 143 Å². The van der Waals surface area contributed by atoms with Crippen LogP contribution in [-0.4, -0.2) is 28.8 Å². The third-order valence-corrected chi connectivity index (χ3v) is 5.90.